The maximum absolute atomic E-state index is 12.3. The van der Waals surface area contributed by atoms with Crippen molar-refractivity contribution in [3.63, 3.8) is 0 Å². The number of benzene rings is 2. The maximum atomic E-state index is 12.3. The molecule has 0 aliphatic heterocycles. The Labute approximate surface area is 167 Å². The molecular weight excluding hydrogens is 372 g/mol. The van der Waals surface area contributed by atoms with Crippen molar-refractivity contribution in [2.24, 2.45) is 0 Å². The summed E-state index contributed by atoms with van der Waals surface area (Å²) in [7, 11) is 1.59. The lowest BCUT2D eigenvalue weighted by Crippen LogP contribution is -2.07. The second kappa shape index (κ2) is 8.63. The van der Waals surface area contributed by atoms with Crippen molar-refractivity contribution in [1.82, 2.24) is 4.98 Å². The van der Waals surface area contributed by atoms with Gasteiger partial charge in [0.2, 0.25) is 5.91 Å². The van der Waals surface area contributed by atoms with Crippen LogP contribution in [0.5, 0.6) is 5.75 Å². The van der Waals surface area contributed by atoms with E-state index in [4.69, 9.17) is 4.74 Å². The number of carbonyl (C=O) groups excluding carboxylic acids is 2. The molecule has 142 valence electrons. The van der Waals surface area contributed by atoms with E-state index in [1.165, 1.54) is 24.3 Å². The van der Waals surface area contributed by atoms with Crippen molar-refractivity contribution >= 4 is 34.2 Å². The summed E-state index contributed by atoms with van der Waals surface area (Å²) in [5.74, 6) is 0.276. The highest BCUT2D eigenvalue weighted by molar-refractivity contribution is 7.18. The summed E-state index contributed by atoms with van der Waals surface area (Å²) in [5.41, 5.74) is 3.30. The summed E-state index contributed by atoms with van der Waals surface area (Å²) in [5, 5.41) is 3.12. The molecule has 0 saturated heterocycles. The standard InChI is InChI=1S/C22H20N2O3S/c1-14-9-11-18(27-3)17(13-14)10-12-19(26)23-22-24-20(21(28-22)15(2)25)16-7-5-4-6-8-16/h4-13H,1-3H3,(H,23,24,26)/b12-10+. The lowest BCUT2D eigenvalue weighted by Gasteiger charge is -2.05. The molecule has 5 nitrogen and oxygen atoms in total. The molecule has 6 heteroatoms. The van der Waals surface area contributed by atoms with Crippen molar-refractivity contribution in [3.8, 4) is 17.0 Å². The average molecular weight is 392 g/mol. The summed E-state index contributed by atoms with van der Waals surface area (Å²) in [4.78, 5) is 29.3. The largest absolute Gasteiger partial charge is 0.496 e. The minimum absolute atomic E-state index is 0.0862. The molecule has 0 unspecified atom stereocenters. The number of rotatable bonds is 6. The Morgan fingerprint density at radius 2 is 1.89 bits per heavy atom. The van der Waals surface area contributed by atoms with Crippen molar-refractivity contribution in [1.29, 1.82) is 0 Å². The van der Waals surface area contributed by atoms with Crippen LogP contribution in [0.15, 0.2) is 54.6 Å². The number of amides is 1. The number of anilines is 1. The second-order valence-electron chi connectivity index (χ2n) is 6.19. The quantitative estimate of drug-likeness (QED) is 0.474. The fourth-order valence-corrected chi connectivity index (χ4v) is 3.59. The Morgan fingerprint density at radius 1 is 1.14 bits per heavy atom. The number of nitrogens with one attached hydrogen (secondary N) is 1. The summed E-state index contributed by atoms with van der Waals surface area (Å²) in [6.45, 7) is 3.47. The van der Waals surface area contributed by atoms with E-state index in [1.54, 1.807) is 13.2 Å². The first-order valence-corrected chi connectivity index (χ1v) is 9.50. The Hall–Kier alpha value is -3.25. The molecule has 2 aromatic carbocycles. The third kappa shape index (κ3) is 4.53. The number of nitrogens with zero attached hydrogens (tertiary/aromatic N) is 1. The minimum atomic E-state index is -0.327. The molecule has 1 amide bonds. The molecule has 28 heavy (non-hydrogen) atoms. The molecule has 1 aromatic heterocycles. The van der Waals surface area contributed by atoms with Gasteiger partial charge in [0.25, 0.3) is 0 Å². The molecule has 0 fully saturated rings. The third-order valence-corrected chi connectivity index (χ3v) is 5.10. The summed E-state index contributed by atoms with van der Waals surface area (Å²) >= 11 is 1.17. The van der Waals surface area contributed by atoms with Gasteiger partial charge in [-0.1, -0.05) is 53.3 Å². The van der Waals surface area contributed by atoms with Gasteiger partial charge >= 0.3 is 0 Å². The fourth-order valence-electron chi connectivity index (χ4n) is 2.70. The number of carbonyl (C=O) groups is 2. The first kappa shape index (κ1) is 19.5. The highest BCUT2D eigenvalue weighted by Crippen LogP contribution is 2.31. The lowest BCUT2D eigenvalue weighted by atomic mass is 10.1. The number of thiazole rings is 1. The number of ketones is 1. The van der Waals surface area contributed by atoms with Gasteiger partial charge in [-0.3, -0.25) is 14.9 Å². The van der Waals surface area contributed by atoms with Crippen molar-refractivity contribution in [3.05, 3.63) is 70.6 Å². The maximum Gasteiger partial charge on any atom is 0.250 e. The molecule has 1 N–H and O–H groups in total. The highest BCUT2D eigenvalue weighted by atomic mass is 32.1. The molecule has 3 rings (SSSR count). The summed E-state index contributed by atoms with van der Waals surface area (Å²) < 4.78 is 5.31. The summed E-state index contributed by atoms with van der Waals surface area (Å²) in [6.07, 6.45) is 3.12. The van der Waals surface area contributed by atoms with Crippen LogP contribution < -0.4 is 10.1 Å². The second-order valence-corrected chi connectivity index (χ2v) is 7.19. The van der Waals surface area contributed by atoms with Gasteiger partial charge in [-0.2, -0.15) is 0 Å². The molecule has 0 aliphatic rings. The van der Waals surface area contributed by atoms with Gasteiger partial charge in [0.15, 0.2) is 10.9 Å². The van der Waals surface area contributed by atoms with E-state index in [1.807, 2.05) is 55.5 Å². The Kier molecular flexibility index (Phi) is 6.01. The van der Waals surface area contributed by atoms with Gasteiger partial charge in [-0.05, 0) is 25.1 Å². The SMILES string of the molecule is COc1ccc(C)cc1/C=C/C(=O)Nc1nc(-c2ccccc2)c(C(C)=O)s1. The van der Waals surface area contributed by atoms with Crippen LogP contribution >= 0.6 is 11.3 Å². The zero-order chi connectivity index (χ0) is 20.1. The van der Waals surface area contributed by atoms with Crippen LogP contribution in [0.25, 0.3) is 17.3 Å². The molecule has 0 bridgehead atoms. The molecule has 0 spiro atoms. The van der Waals surface area contributed by atoms with Crippen molar-refractivity contribution < 1.29 is 14.3 Å². The third-order valence-electron chi connectivity index (χ3n) is 4.02. The molecule has 3 aromatic rings. The number of aromatic nitrogens is 1. The number of hydrogen-bond donors (Lipinski definition) is 1. The number of ether oxygens (including phenoxy) is 1. The van der Waals surface area contributed by atoms with Gasteiger partial charge < -0.3 is 4.74 Å². The Morgan fingerprint density at radius 3 is 2.57 bits per heavy atom. The minimum Gasteiger partial charge on any atom is -0.496 e. The van der Waals surface area contributed by atoms with Crippen LogP contribution in [0.3, 0.4) is 0 Å². The molecule has 0 atom stereocenters. The summed E-state index contributed by atoms with van der Waals surface area (Å²) in [6, 6.07) is 15.2. The van der Waals surface area contributed by atoms with Crippen LogP contribution in [0.4, 0.5) is 5.13 Å². The smallest absolute Gasteiger partial charge is 0.250 e. The van der Waals surface area contributed by atoms with Gasteiger partial charge in [0.1, 0.15) is 5.75 Å². The number of hydrogen-bond acceptors (Lipinski definition) is 5. The monoisotopic (exact) mass is 392 g/mol. The first-order valence-electron chi connectivity index (χ1n) is 8.69. The zero-order valence-corrected chi connectivity index (χ0v) is 16.7. The molecular formula is C22H20N2O3S. The van der Waals surface area contributed by atoms with Crippen LogP contribution in [-0.2, 0) is 4.79 Å². The van der Waals surface area contributed by atoms with Gasteiger partial charge in [0, 0.05) is 24.1 Å². The number of aryl methyl sites for hydroxylation is 1. The van der Waals surface area contributed by atoms with Crippen LogP contribution in [-0.4, -0.2) is 23.8 Å². The highest BCUT2D eigenvalue weighted by Gasteiger charge is 2.17. The zero-order valence-electron chi connectivity index (χ0n) is 15.9. The van der Waals surface area contributed by atoms with E-state index < -0.39 is 0 Å². The predicted octanol–water partition coefficient (Wildman–Crippen LogP) is 4.98. The van der Waals surface area contributed by atoms with Gasteiger partial charge in [-0.25, -0.2) is 4.98 Å². The van der Waals surface area contributed by atoms with E-state index in [2.05, 4.69) is 10.3 Å². The first-order chi connectivity index (χ1) is 13.5. The normalized spacial score (nSPS) is 10.8. The van der Waals surface area contributed by atoms with Gasteiger partial charge in [0.05, 0.1) is 17.7 Å². The Balaban J connectivity index is 1.81. The number of Topliss-reactive ketones (excluding diaryl/α,β-unsaturated/α-hetero) is 1. The van der Waals surface area contributed by atoms with E-state index in [9.17, 15) is 9.59 Å². The van der Waals surface area contributed by atoms with E-state index >= 15 is 0 Å². The van der Waals surface area contributed by atoms with E-state index in [-0.39, 0.29) is 11.7 Å². The predicted molar refractivity (Wildman–Crippen MR) is 113 cm³/mol. The molecule has 0 aliphatic carbocycles. The van der Waals surface area contributed by atoms with E-state index in [0.29, 0.717) is 21.5 Å². The Bertz CT molecular complexity index is 1040. The topological polar surface area (TPSA) is 68.3 Å². The van der Waals surface area contributed by atoms with Crippen LogP contribution in [0, 0.1) is 6.92 Å². The fraction of sp³-hybridized carbons (Fsp3) is 0.136. The number of methoxy groups -OCH3 is 1. The van der Waals surface area contributed by atoms with Crippen LogP contribution in [0.2, 0.25) is 0 Å². The molecule has 1 heterocycles. The average Bonchev–Trinajstić information content (AvgIpc) is 3.11. The molecule has 0 saturated carbocycles. The van der Waals surface area contributed by atoms with Gasteiger partial charge in [-0.15, -0.1) is 0 Å². The van der Waals surface area contributed by atoms with Crippen molar-refractivity contribution in [2.75, 3.05) is 12.4 Å². The van der Waals surface area contributed by atoms with Crippen molar-refractivity contribution in [2.45, 2.75) is 13.8 Å². The van der Waals surface area contributed by atoms with Crippen LogP contribution in [0.1, 0.15) is 27.7 Å². The van der Waals surface area contributed by atoms with E-state index in [0.717, 1.165) is 16.7 Å². The lowest BCUT2D eigenvalue weighted by molar-refractivity contribution is -0.111. The molecule has 0 radical (unpaired) electrons.